The Balaban J connectivity index is 1.63. The summed E-state index contributed by atoms with van der Waals surface area (Å²) in [5.74, 6) is 0.737. The molecular weight excluding hydrogens is 242 g/mol. The second-order valence-corrected chi connectivity index (χ2v) is 5.15. The Bertz CT molecular complexity index is 372. The number of carbonyl (C=O) groups excluding carboxylic acids is 1. The molecule has 106 valence electrons. The highest BCUT2D eigenvalue weighted by molar-refractivity contribution is 5.78. The largest absolute Gasteiger partial charge is 0.381 e. The minimum Gasteiger partial charge on any atom is -0.381 e. The van der Waals surface area contributed by atoms with Crippen LogP contribution in [-0.2, 0) is 16.1 Å². The molecule has 1 amide bonds. The molecule has 1 atom stereocenters. The predicted octanol–water partition coefficient (Wildman–Crippen LogP) is 1.45. The van der Waals surface area contributed by atoms with Crippen LogP contribution in [0.2, 0.25) is 0 Å². The third kappa shape index (κ3) is 4.35. The third-order valence-corrected chi connectivity index (χ3v) is 3.81. The number of hydrogen-bond acceptors (Lipinski definition) is 3. The first-order chi connectivity index (χ1) is 9.27. The van der Waals surface area contributed by atoms with E-state index in [0.717, 1.165) is 39.0 Å². The van der Waals surface area contributed by atoms with E-state index in [1.54, 1.807) is 6.20 Å². The van der Waals surface area contributed by atoms with Gasteiger partial charge in [0.05, 0.1) is 0 Å². The van der Waals surface area contributed by atoms with E-state index in [4.69, 9.17) is 4.74 Å². The molecular formula is C14H23N3O2. The SMILES string of the molecule is CC(C(=O)NCCCn1cccn1)C1CCOCC1. The smallest absolute Gasteiger partial charge is 0.223 e. The van der Waals surface area contributed by atoms with E-state index in [2.05, 4.69) is 10.4 Å². The van der Waals surface area contributed by atoms with Gasteiger partial charge in [0.2, 0.25) is 5.91 Å². The lowest BCUT2D eigenvalue weighted by Crippen LogP contribution is -2.36. The van der Waals surface area contributed by atoms with E-state index < -0.39 is 0 Å². The first-order valence-corrected chi connectivity index (χ1v) is 7.10. The molecule has 0 aliphatic carbocycles. The zero-order valence-corrected chi connectivity index (χ0v) is 11.5. The summed E-state index contributed by atoms with van der Waals surface area (Å²) in [7, 11) is 0. The third-order valence-electron chi connectivity index (χ3n) is 3.81. The van der Waals surface area contributed by atoms with Crippen LogP contribution in [-0.4, -0.2) is 35.4 Å². The molecule has 1 aliphatic rings. The molecule has 19 heavy (non-hydrogen) atoms. The van der Waals surface area contributed by atoms with Crippen molar-refractivity contribution in [3.8, 4) is 0 Å². The molecule has 1 N–H and O–H groups in total. The van der Waals surface area contributed by atoms with Crippen LogP contribution >= 0.6 is 0 Å². The topological polar surface area (TPSA) is 56.2 Å². The number of nitrogens with zero attached hydrogens (tertiary/aromatic N) is 2. The van der Waals surface area contributed by atoms with E-state index in [1.165, 1.54) is 0 Å². The number of nitrogens with one attached hydrogen (secondary N) is 1. The maximum Gasteiger partial charge on any atom is 0.223 e. The van der Waals surface area contributed by atoms with Crippen LogP contribution in [0.25, 0.3) is 0 Å². The van der Waals surface area contributed by atoms with Gasteiger partial charge in [0.25, 0.3) is 0 Å². The molecule has 0 saturated carbocycles. The van der Waals surface area contributed by atoms with Crippen molar-refractivity contribution < 1.29 is 9.53 Å². The molecule has 1 unspecified atom stereocenters. The summed E-state index contributed by atoms with van der Waals surface area (Å²) in [6.07, 6.45) is 6.62. The molecule has 5 nitrogen and oxygen atoms in total. The van der Waals surface area contributed by atoms with Crippen molar-refractivity contribution in [1.82, 2.24) is 15.1 Å². The molecule has 2 rings (SSSR count). The summed E-state index contributed by atoms with van der Waals surface area (Å²) in [4.78, 5) is 12.0. The highest BCUT2D eigenvalue weighted by atomic mass is 16.5. The Hall–Kier alpha value is -1.36. The van der Waals surface area contributed by atoms with E-state index in [1.807, 2.05) is 23.9 Å². The number of aryl methyl sites for hydroxylation is 1. The van der Waals surface area contributed by atoms with Crippen molar-refractivity contribution in [2.75, 3.05) is 19.8 Å². The molecule has 0 bridgehead atoms. The lowest BCUT2D eigenvalue weighted by Gasteiger charge is -2.26. The Kier molecular flexibility index (Phi) is 5.39. The lowest BCUT2D eigenvalue weighted by atomic mass is 9.87. The van der Waals surface area contributed by atoms with Crippen molar-refractivity contribution in [3.05, 3.63) is 18.5 Å². The summed E-state index contributed by atoms with van der Waals surface area (Å²) in [5.41, 5.74) is 0. The predicted molar refractivity (Wildman–Crippen MR) is 72.6 cm³/mol. The number of amides is 1. The maximum atomic E-state index is 12.0. The molecule has 1 saturated heterocycles. The molecule has 1 aromatic heterocycles. The van der Waals surface area contributed by atoms with E-state index in [-0.39, 0.29) is 11.8 Å². The van der Waals surface area contributed by atoms with Gasteiger partial charge >= 0.3 is 0 Å². The summed E-state index contributed by atoms with van der Waals surface area (Å²) < 4.78 is 7.21. The highest BCUT2D eigenvalue weighted by Crippen LogP contribution is 2.23. The Morgan fingerprint density at radius 1 is 1.53 bits per heavy atom. The first kappa shape index (κ1) is 14.1. The minimum absolute atomic E-state index is 0.0913. The van der Waals surface area contributed by atoms with Gasteiger partial charge in [-0.05, 0) is 31.2 Å². The summed E-state index contributed by atoms with van der Waals surface area (Å²) >= 11 is 0. The van der Waals surface area contributed by atoms with Crippen LogP contribution in [0.4, 0.5) is 0 Å². The average Bonchev–Trinajstić information content (AvgIpc) is 2.96. The molecule has 0 aromatic carbocycles. The van der Waals surface area contributed by atoms with Crippen LogP contribution in [0.5, 0.6) is 0 Å². The fourth-order valence-electron chi connectivity index (χ4n) is 2.48. The average molecular weight is 265 g/mol. The summed E-state index contributed by atoms with van der Waals surface area (Å²) in [5, 5.41) is 7.15. The number of ether oxygens (including phenoxy) is 1. The van der Waals surface area contributed by atoms with Gasteiger partial charge in [-0.3, -0.25) is 9.48 Å². The van der Waals surface area contributed by atoms with Crippen molar-refractivity contribution in [1.29, 1.82) is 0 Å². The molecule has 1 aliphatic heterocycles. The van der Waals surface area contributed by atoms with Crippen molar-refractivity contribution in [2.45, 2.75) is 32.7 Å². The van der Waals surface area contributed by atoms with E-state index in [9.17, 15) is 4.79 Å². The zero-order valence-electron chi connectivity index (χ0n) is 11.5. The Morgan fingerprint density at radius 3 is 3.00 bits per heavy atom. The highest BCUT2D eigenvalue weighted by Gasteiger charge is 2.25. The van der Waals surface area contributed by atoms with Crippen LogP contribution in [0.15, 0.2) is 18.5 Å². The Labute approximate surface area is 114 Å². The van der Waals surface area contributed by atoms with Gasteiger partial charge in [0, 0.05) is 44.6 Å². The quantitative estimate of drug-likeness (QED) is 0.792. The van der Waals surface area contributed by atoms with Gasteiger partial charge in [-0.2, -0.15) is 5.10 Å². The van der Waals surface area contributed by atoms with E-state index in [0.29, 0.717) is 12.5 Å². The molecule has 0 spiro atoms. The van der Waals surface area contributed by atoms with Gasteiger partial charge < -0.3 is 10.1 Å². The monoisotopic (exact) mass is 265 g/mol. The zero-order chi connectivity index (χ0) is 13.5. The normalized spacial score (nSPS) is 18.2. The van der Waals surface area contributed by atoms with Crippen molar-refractivity contribution in [2.24, 2.45) is 11.8 Å². The minimum atomic E-state index is 0.0913. The van der Waals surface area contributed by atoms with Crippen LogP contribution in [0.3, 0.4) is 0 Å². The second-order valence-electron chi connectivity index (χ2n) is 5.15. The van der Waals surface area contributed by atoms with Gasteiger partial charge in [0.1, 0.15) is 0 Å². The number of rotatable bonds is 6. The first-order valence-electron chi connectivity index (χ1n) is 7.10. The Morgan fingerprint density at radius 2 is 2.32 bits per heavy atom. The van der Waals surface area contributed by atoms with Gasteiger partial charge in [0.15, 0.2) is 0 Å². The molecule has 2 heterocycles. The summed E-state index contributed by atoms with van der Waals surface area (Å²) in [6.45, 7) is 5.17. The molecule has 1 aromatic rings. The summed E-state index contributed by atoms with van der Waals surface area (Å²) in [6, 6.07) is 1.91. The maximum absolute atomic E-state index is 12.0. The van der Waals surface area contributed by atoms with E-state index >= 15 is 0 Å². The molecule has 0 radical (unpaired) electrons. The van der Waals surface area contributed by atoms with Gasteiger partial charge in [-0.15, -0.1) is 0 Å². The van der Waals surface area contributed by atoms with Crippen molar-refractivity contribution in [3.63, 3.8) is 0 Å². The lowest BCUT2D eigenvalue weighted by molar-refractivity contribution is -0.127. The van der Waals surface area contributed by atoms with Gasteiger partial charge in [-0.25, -0.2) is 0 Å². The van der Waals surface area contributed by atoms with Crippen LogP contribution in [0, 0.1) is 11.8 Å². The molecule has 5 heteroatoms. The van der Waals surface area contributed by atoms with Crippen LogP contribution < -0.4 is 5.32 Å². The molecule has 1 fully saturated rings. The number of hydrogen-bond donors (Lipinski definition) is 1. The fourth-order valence-corrected chi connectivity index (χ4v) is 2.48. The van der Waals surface area contributed by atoms with Gasteiger partial charge in [-0.1, -0.05) is 6.92 Å². The number of carbonyl (C=O) groups is 1. The van der Waals surface area contributed by atoms with Crippen LogP contribution in [0.1, 0.15) is 26.2 Å². The standard InChI is InChI=1S/C14H23N3O2/c1-12(13-4-10-19-11-5-13)14(18)15-6-2-8-17-9-3-7-16-17/h3,7,9,12-13H,2,4-6,8,10-11H2,1H3,(H,15,18). The fraction of sp³-hybridized carbons (Fsp3) is 0.714. The second kappa shape index (κ2) is 7.28. The number of aromatic nitrogens is 2. The van der Waals surface area contributed by atoms with Crippen molar-refractivity contribution >= 4 is 5.91 Å².